The Morgan fingerprint density at radius 1 is 1.10 bits per heavy atom. The van der Waals surface area contributed by atoms with Crippen LogP contribution in [-0.4, -0.2) is 17.4 Å². The number of hydrogen-bond donors (Lipinski definition) is 2. The molecule has 1 aromatic heterocycles. The average molecular weight is 324 g/mol. The molecule has 1 heterocycles. The third-order valence-electron chi connectivity index (χ3n) is 3.02. The number of nitrogens with zero attached hydrogens (tertiary/aromatic N) is 1. The van der Waals surface area contributed by atoms with Gasteiger partial charge in [-0.2, -0.15) is 3.97 Å². The van der Waals surface area contributed by atoms with Gasteiger partial charge >= 0.3 is 5.69 Å². The number of halogens is 1. The van der Waals surface area contributed by atoms with Crippen molar-refractivity contribution in [2.75, 3.05) is 5.73 Å². The lowest BCUT2D eigenvalue weighted by Gasteiger charge is -2.06. The zero-order chi connectivity index (χ0) is 15.2. The number of nitrogens with one attached hydrogen (secondary N) is 1. The third kappa shape index (κ3) is 2.20. The standard InChI is InChI=1S/C13H10ClN3O3S/c14-8-1-4-10(5-2-8)21(19,20)17-12-6-3-9(15)7-11(12)16-13(17)18/h1-7H,15H2,(H,16,18). The van der Waals surface area contributed by atoms with E-state index in [1.165, 1.54) is 42.5 Å². The molecule has 0 spiro atoms. The van der Waals surface area contributed by atoms with Gasteiger partial charge in [0.25, 0.3) is 10.0 Å². The van der Waals surface area contributed by atoms with Crippen molar-refractivity contribution in [1.82, 2.24) is 8.96 Å². The second kappa shape index (κ2) is 4.64. The first-order valence-electron chi connectivity index (χ1n) is 5.91. The molecule has 3 rings (SSSR count). The number of aromatic amines is 1. The van der Waals surface area contributed by atoms with E-state index < -0.39 is 15.7 Å². The van der Waals surface area contributed by atoms with Gasteiger partial charge in [0.1, 0.15) is 0 Å². The van der Waals surface area contributed by atoms with Crippen molar-refractivity contribution in [2.45, 2.75) is 4.90 Å². The maximum Gasteiger partial charge on any atom is 0.340 e. The quantitative estimate of drug-likeness (QED) is 0.703. The summed E-state index contributed by atoms with van der Waals surface area (Å²) >= 11 is 5.75. The summed E-state index contributed by atoms with van der Waals surface area (Å²) in [5.74, 6) is 0. The molecule has 6 nitrogen and oxygen atoms in total. The van der Waals surface area contributed by atoms with Gasteiger partial charge in [-0.1, -0.05) is 11.6 Å². The molecule has 2 aromatic carbocycles. The Hall–Kier alpha value is -2.25. The topological polar surface area (TPSA) is 97.9 Å². The average Bonchev–Trinajstić information content (AvgIpc) is 2.74. The summed E-state index contributed by atoms with van der Waals surface area (Å²) < 4.78 is 25.9. The smallest absolute Gasteiger partial charge is 0.340 e. The van der Waals surface area contributed by atoms with Crippen LogP contribution in [0.4, 0.5) is 5.69 Å². The fraction of sp³-hybridized carbons (Fsp3) is 0. The highest BCUT2D eigenvalue weighted by molar-refractivity contribution is 7.90. The highest BCUT2D eigenvalue weighted by Gasteiger charge is 2.22. The van der Waals surface area contributed by atoms with E-state index >= 15 is 0 Å². The molecule has 8 heteroatoms. The molecule has 0 unspecified atom stereocenters. The van der Waals surface area contributed by atoms with Gasteiger partial charge in [0.05, 0.1) is 15.9 Å². The van der Waals surface area contributed by atoms with Crippen molar-refractivity contribution in [2.24, 2.45) is 0 Å². The maximum atomic E-state index is 12.6. The SMILES string of the molecule is Nc1ccc2c(c1)[nH]c(=O)n2S(=O)(=O)c1ccc(Cl)cc1. The molecule has 21 heavy (non-hydrogen) atoms. The number of hydrogen-bond acceptors (Lipinski definition) is 4. The predicted octanol–water partition coefficient (Wildman–Crippen LogP) is 1.80. The van der Waals surface area contributed by atoms with E-state index in [4.69, 9.17) is 17.3 Å². The van der Waals surface area contributed by atoms with Crippen LogP contribution < -0.4 is 11.4 Å². The lowest BCUT2D eigenvalue weighted by atomic mass is 10.3. The van der Waals surface area contributed by atoms with E-state index in [-0.39, 0.29) is 10.4 Å². The van der Waals surface area contributed by atoms with Gasteiger partial charge in [-0.25, -0.2) is 13.2 Å². The minimum Gasteiger partial charge on any atom is -0.399 e. The summed E-state index contributed by atoms with van der Waals surface area (Å²) in [6.45, 7) is 0. The van der Waals surface area contributed by atoms with E-state index in [9.17, 15) is 13.2 Å². The van der Waals surface area contributed by atoms with Crippen LogP contribution in [0.3, 0.4) is 0 Å². The highest BCUT2D eigenvalue weighted by Crippen LogP contribution is 2.21. The first-order chi connectivity index (χ1) is 9.89. The van der Waals surface area contributed by atoms with E-state index in [0.29, 0.717) is 20.2 Å². The van der Waals surface area contributed by atoms with Crippen molar-refractivity contribution < 1.29 is 8.42 Å². The number of benzene rings is 2. The first kappa shape index (κ1) is 13.7. The molecule has 0 amide bonds. The molecular weight excluding hydrogens is 314 g/mol. The summed E-state index contributed by atoms with van der Waals surface area (Å²) in [6, 6.07) is 10.1. The van der Waals surface area contributed by atoms with Gasteiger partial charge in [-0.3, -0.25) is 0 Å². The fourth-order valence-electron chi connectivity index (χ4n) is 2.06. The highest BCUT2D eigenvalue weighted by atomic mass is 35.5. The summed E-state index contributed by atoms with van der Waals surface area (Å²) in [7, 11) is -4.01. The van der Waals surface area contributed by atoms with E-state index in [1.807, 2.05) is 0 Å². The number of fused-ring (bicyclic) bond motifs is 1. The number of aromatic nitrogens is 2. The number of imidazole rings is 1. The minimum absolute atomic E-state index is 0.0216. The zero-order valence-corrected chi connectivity index (χ0v) is 12.1. The van der Waals surface area contributed by atoms with Crippen molar-refractivity contribution in [3.8, 4) is 0 Å². The predicted molar refractivity (Wildman–Crippen MR) is 81.0 cm³/mol. The second-order valence-corrected chi connectivity index (χ2v) is 6.65. The number of nitrogen functional groups attached to an aromatic ring is 1. The fourth-order valence-corrected chi connectivity index (χ4v) is 3.56. The molecule has 0 saturated carbocycles. The van der Waals surface area contributed by atoms with Crippen LogP contribution in [-0.2, 0) is 10.0 Å². The molecule has 0 fully saturated rings. The molecule has 108 valence electrons. The number of nitrogens with two attached hydrogens (primary N) is 1. The Kier molecular flexibility index (Phi) is 3.03. The zero-order valence-electron chi connectivity index (χ0n) is 10.6. The summed E-state index contributed by atoms with van der Waals surface area (Å²) in [6.07, 6.45) is 0. The van der Waals surface area contributed by atoms with Crippen molar-refractivity contribution >= 4 is 38.3 Å². The second-order valence-electron chi connectivity index (χ2n) is 4.43. The van der Waals surface area contributed by atoms with Gasteiger partial charge < -0.3 is 10.7 Å². The van der Waals surface area contributed by atoms with Gasteiger partial charge in [0.2, 0.25) is 0 Å². The van der Waals surface area contributed by atoms with E-state index in [0.717, 1.165) is 0 Å². The molecule has 0 atom stereocenters. The van der Waals surface area contributed by atoms with Crippen LogP contribution >= 0.6 is 11.6 Å². The van der Waals surface area contributed by atoms with Crippen molar-refractivity contribution in [1.29, 1.82) is 0 Å². The third-order valence-corrected chi connectivity index (χ3v) is 4.98. The Morgan fingerprint density at radius 2 is 1.76 bits per heavy atom. The van der Waals surface area contributed by atoms with Crippen LogP contribution in [0.2, 0.25) is 5.02 Å². The van der Waals surface area contributed by atoms with Crippen molar-refractivity contribution in [3.05, 3.63) is 58.0 Å². The largest absolute Gasteiger partial charge is 0.399 e. The number of rotatable bonds is 2. The Balaban J connectivity index is 2.31. The molecular formula is C13H10ClN3O3S. The molecule has 0 radical (unpaired) electrons. The lowest BCUT2D eigenvalue weighted by Crippen LogP contribution is -2.25. The van der Waals surface area contributed by atoms with Crippen LogP contribution in [0.25, 0.3) is 11.0 Å². The molecule has 0 aliphatic carbocycles. The Morgan fingerprint density at radius 3 is 2.43 bits per heavy atom. The summed E-state index contributed by atoms with van der Waals surface area (Å²) in [5, 5.41) is 0.410. The summed E-state index contributed by atoms with van der Waals surface area (Å²) in [5.41, 5.74) is 5.91. The van der Waals surface area contributed by atoms with Gasteiger partial charge in [-0.15, -0.1) is 0 Å². The molecule has 3 N–H and O–H groups in total. The molecule has 0 saturated heterocycles. The van der Waals surface area contributed by atoms with Crippen LogP contribution in [0, 0.1) is 0 Å². The maximum absolute atomic E-state index is 12.6. The first-order valence-corrected chi connectivity index (χ1v) is 7.73. The lowest BCUT2D eigenvalue weighted by molar-refractivity contribution is 0.587. The Labute approximate surface area is 124 Å². The molecule has 0 aliphatic rings. The number of H-pyrrole nitrogens is 1. The number of anilines is 1. The van der Waals surface area contributed by atoms with Gasteiger partial charge in [0.15, 0.2) is 0 Å². The van der Waals surface area contributed by atoms with E-state index in [2.05, 4.69) is 4.98 Å². The van der Waals surface area contributed by atoms with Crippen LogP contribution in [0.15, 0.2) is 52.2 Å². The molecule has 0 bridgehead atoms. The van der Waals surface area contributed by atoms with Crippen LogP contribution in [0.1, 0.15) is 0 Å². The van der Waals surface area contributed by atoms with E-state index in [1.54, 1.807) is 0 Å². The molecule has 3 aromatic rings. The van der Waals surface area contributed by atoms with Crippen LogP contribution in [0.5, 0.6) is 0 Å². The normalized spacial score (nSPS) is 11.9. The Bertz CT molecular complexity index is 988. The molecule has 0 aliphatic heterocycles. The van der Waals surface area contributed by atoms with Crippen molar-refractivity contribution in [3.63, 3.8) is 0 Å². The van der Waals surface area contributed by atoms with Gasteiger partial charge in [0, 0.05) is 10.7 Å². The minimum atomic E-state index is -4.01. The summed E-state index contributed by atoms with van der Waals surface area (Å²) in [4.78, 5) is 14.5. The van der Waals surface area contributed by atoms with Gasteiger partial charge in [-0.05, 0) is 42.5 Å². The monoisotopic (exact) mass is 323 g/mol.